The van der Waals surface area contributed by atoms with Crippen molar-refractivity contribution in [3.05, 3.63) is 70.7 Å². The summed E-state index contributed by atoms with van der Waals surface area (Å²) in [7, 11) is 0. The van der Waals surface area contributed by atoms with Gasteiger partial charge in [0.15, 0.2) is 0 Å². The van der Waals surface area contributed by atoms with E-state index >= 15 is 0 Å². The van der Waals surface area contributed by atoms with E-state index in [4.69, 9.17) is 17.3 Å². The summed E-state index contributed by atoms with van der Waals surface area (Å²) in [6.07, 6.45) is 2.33. The molecule has 2 aromatic rings. The molecule has 3 rings (SSSR count). The molecule has 0 radical (unpaired) electrons. The molecule has 24 heavy (non-hydrogen) atoms. The molecule has 1 saturated heterocycles. The second kappa shape index (κ2) is 8.52. The van der Waals surface area contributed by atoms with Crippen LogP contribution in [0.15, 0.2) is 54.6 Å². The van der Waals surface area contributed by atoms with Gasteiger partial charge < -0.3 is 10.6 Å². The number of benzene rings is 2. The highest BCUT2D eigenvalue weighted by molar-refractivity contribution is 6.30. The van der Waals surface area contributed by atoms with Crippen LogP contribution in [0.3, 0.4) is 0 Å². The van der Waals surface area contributed by atoms with Crippen LogP contribution >= 0.6 is 24.0 Å². The van der Waals surface area contributed by atoms with Crippen molar-refractivity contribution in [2.75, 3.05) is 6.54 Å². The van der Waals surface area contributed by atoms with Crippen LogP contribution in [0.25, 0.3) is 0 Å². The lowest BCUT2D eigenvalue weighted by Crippen LogP contribution is -2.33. The van der Waals surface area contributed by atoms with Crippen LogP contribution in [0.4, 0.5) is 0 Å². The summed E-state index contributed by atoms with van der Waals surface area (Å²) in [6, 6.07) is 17.4. The highest BCUT2D eigenvalue weighted by Crippen LogP contribution is 2.34. The maximum atomic E-state index is 12.7. The number of amides is 1. The minimum atomic E-state index is -0.260. The SMILES string of the molecule is Cl.NC(CC(=O)N1CCCC1c1cccc(Cl)c1)c1ccccc1. The fourth-order valence-electron chi connectivity index (χ4n) is 3.25. The third kappa shape index (κ3) is 4.29. The lowest BCUT2D eigenvalue weighted by atomic mass is 10.0. The lowest BCUT2D eigenvalue weighted by molar-refractivity contribution is -0.132. The normalized spacial score (nSPS) is 18.1. The molecule has 2 unspecified atom stereocenters. The van der Waals surface area contributed by atoms with E-state index in [9.17, 15) is 4.79 Å². The summed E-state index contributed by atoms with van der Waals surface area (Å²) in [5, 5.41) is 0.711. The molecule has 1 aliphatic rings. The summed E-state index contributed by atoms with van der Waals surface area (Å²) in [4.78, 5) is 14.7. The van der Waals surface area contributed by atoms with Crippen molar-refractivity contribution in [2.45, 2.75) is 31.3 Å². The van der Waals surface area contributed by atoms with Gasteiger partial charge >= 0.3 is 0 Å². The van der Waals surface area contributed by atoms with Gasteiger partial charge in [0.05, 0.1) is 6.04 Å². The maximum Gasteiger partial charge on any atom is 0.224 e. The Labute approximate surface area is 154 Å². The number of likely N-dealkylation sites (tertiary alicyclic amines) is 1. The molecule has 1 fully saturated rings. The van der Waals surface area contributed by atoms with E-state index in [0.29, 0.717) is 11.4 Å². The van der Waals surface area contributed by atoms with Gasteiger partial charge in [-0.3, -0.25) is 4.79 Å². The number of nitrogens with zero attached hydrogens (tertiary/aromatic N) is 1. The molecule has 0 saturated carbocycles. The van der Waals surface area contributed by atoms with Crippen LogP contribution in [0, 0.1) is 0 Å². The standard InChI is InChI=1S/C19H21ClN2O.ClH/c20-16-9-4-8-15(12-16)18-10-5-11-22(18)19(23)13-17(21)14-6-2-1-3-7-14;/h1-4,6-9,12,17-18H,5,10-11,13,21H2;1H. The third-order valence-corrected chi connectivity index (χ3v) is 4.66. The van der Waals surface area contributed by atoms with Crippen LogP contribution in [0.1, 0.15) is 42.5 Å². The molecule has 5 heteroatoms. The highest BCUT2D eigenvalue weighted by atomic mass is 35.5. The Morgan fingerprint density at radius 2 is 1.96 bits per heavy atom. The molecule has 0 aromatic heterocycles. The molecule has 0 spiro atoms. The van der Waals surface area contributed by atoms with Crippen LogP contribution in [0.5, 0.6) is 0 Å². The lowest BCUT2D eigenvalue weighted by Gasteiger charge is -2.26. The monoisotopic (exact) mass is 364 g/mol. The van der Waals surface area contributed by atoms with Crippen LogP contribution < -0.4 is 5.73 Å². The quantitative estimate of drug-likeness (QED) is 0.866. The number of carbonyl (C=O) groups excluding carboxylic acids is 1. The minimum absolute atomic E-state index is 0. The first-order chi connectivity index (χ1) is 11.1. The van der Waals surface area contributed by atoms with Crippen molar-refractivity contribution < 1.29 is 4.79 Å². The van der Waals surface area contributed by atoms with Gasteiger partial charge in [0.1, 0.15) is 0 Å². The second-order valence-corrected chi connectivity index (χ2v) is 6.46. The average Bonchev–Trinajstić information content (AvgIpc) is 3.05. The van der Waals surface area contributed by atoms with E-state index in [1.807, 2.05) is 59.5 Å². The molecule has 0 aliphatic carbocycles. The molecule has 2 aromatic carbocycles. The summed E-state index contributed by atoms with van der Waals surface area (Å²) >= 11 is 6.09. The van der Waals surface area contributed by atoms with Gasteiger partial charge in [-0.05, 0) is 36.1 Å². The third-order valence-electron chi connectivity index (χ3n) is 4.43. The minimum Gasteiger partial charge on any atom is -0.336 e. The molecule has 128 valence electrons. The van der Waals surface area contributed by atoms with Crippen LogP contribution in [0.2, 0.25) is 5.02 Å². The number of hydrogen-bond donors (Lipinski definition) is 1. The summed E-state index contributed by atoms with van der Waals surface area (Å²) < 4.78 is 0. The van der Waals surface area contributed by atoms with Gasteiger partial charge in [-0.2, -0.15) is 0 Å². The zero-order valence-electron chi connectivity index (χ0n) is 13.4. The molecular formula is C19H22Cl2N2O. The molecular weight excluding hydrogens is 343 g/mol. The molecule has 1 heterocycles. The zero-order valence-corrected chi connectivity index (χ0v) is 15.0. The number of rotatable bonds is 4. The number of halogens is 2. The summed E-state index contributed by atoms with van der Waals surface area (Å²) in [5.74, 6) is 0.115. The van der Waals surface area contributed by atoms with Gasteiger partial charge in [-0.1, -0.05) is 54.1 Å². The van der Waals surface area contributed by atoms with Gasteiger partial charge in [0.2, 0.25) is 5.91 Å². The Bertz CT molecular complexity index is 678. The largest absolute Gasteiger partial charge is 0.336 e. The van der Waals surface area contributed by atoms with Gasteiger partial charge in [-0.15, -0.1) is 12.4 Å². The number of hydrogen-bond acceptors (Lipinski definition) is 2. The Morgan fingerprint density at radius 3 is 2.67 bits per heavy atom. The van der Waals surface area contributed by atoms with Crippen LogP contribution in [-0.2, 0) is 4.79 Å². The average molecular weight is 365 g/mol. The zero-order chi connectivity index (χ0) is 16.2. The molecule has 1 aliphatic heterocycles. The Balaban J connectivity index is 0.00000208. The van der Waals surface area contributed by atoms with Crippen molar-refractivity contribution in [3.8, 4) is 0 Å². The van der Waals surface area contributed by atoms with E-state index in [2.05, 4.69) is 0 Å². The van der Waals surface area contributed by atoms with E-state index in [0.717, 1.165) is 30.5 Å². The van der Waals surface area contributed by atoms with Crippen molar-refractivity contribution in [3.63, 3.8) is 0 Å². The van der Waals surface area contributed by atoms with E-state index in [-0.39, 0.29) is 30.4 Å². The predicted octanol–water partition coefficient (Wildman–Crippen LogP) is 4.52. The highest BCUT2D eigenvalue weighted by Gasteiger charge is 2.30. The van der Waals surface area contributed by atoms with E-state index in [1.165, 1.54) is 0 Å². The molecule has 0 bridgehead atoms. The van der Waals surface area contributed by atoms with Gasteiger partial charge in [-0.25, -0.2) is 0 Å². The van der Waals surface area contributed by atoms with E-state index < -0.39 is 0 Å². The topological polar surface area (TPSA) is 46.3 Å². The first-order valence-corrected chi connectivity index (χ1v) is 8.38. The molecule has 2 atom stereocenters. The molecule has 3 nitrogen and oxygen atoms in total. The number of carbonyl (C=O) groups is 1. The predicted molar refractivity (Wildman–Crippen MR) is 100 cm³/mol. The fourth-order valence-corrected chi connectivity index (χ4v) is 3.45. The van der Waals surface area contributed by atoms with Crippen molar-refractivity contribution in [2.24, 2.45) is 5.73 Å². The smallest absolute Gasteiger partial charge is 0.224 e. The first kappa shape index (κ1) is 18.8. The van der Waals surface area contributed by atoms with Crippen molar-refractivity contribution in [1.29, 1.82) is 0 Å². The fraction of sp³-hybridized carbons (Fsp3) is 0.316. The van der Waals surface area contributed by atoms with Gasteiger partial charge in [0, 0.05) is 24.0 Å². The van der Waals surface area contributed by atoms with E-state index in [1.54, 1.807) is 0 Å². The Kier molecular flexibility index (Phi) is 6.67. The summed E-state index contributed by atoms with van der Waals surface area (Å²) in [6.45, 7) is 0.789. The summed E-state index contributed by atoms with van der Waals surface area (Å²) in [5.41, 5.74) is 8.31. The Morgan fingerprint density at radius 1 is 1.21 bits per heavy atom. The maximum absolute atomic E-state index is 12.7. The van der Waals surface area contributed by atoms with Crippen LogP contribution in [-0.4, -0.2) is 17.4 Å². The van der Waals surface area contributed by atoms with Crippen molar-refractivity contribution >= 4 is 29.9 Å². The Hall–Kier alpha value is -1.55. The second-order valence-electron chi connectivity index (χ2n) is 6.02. The molecule has 1 amide bonds. The number of nitrogens with two attached hydrogens (primary N) is 1. The molecule has 2 N–H and O–H groups in total. The first-order valence-electron chi connectivity index (χ1n) is 8.00. The van der Waals surface area contributed by atoms with Crippen molar-refractivity contribution in [1.82, 2.24) is 4.90 Å². The van der Waals surface area contributed by atoms with Gasteiger partial charge in [0.25, 0.3) is 0 Å².